The van der Waals surface area contributed by atoms with Gasteiger partial charge >= 0.3 is 0 Å². The van der Waals surface area contributed by atoms with Crippen molar-refractivity contribution in [2.24, 2.45) is 0 Å². The molecule has 0 bridgehead atoms. The number of phenolic OH excluding ortho intramolecular Hbond substituents is 2. The fourth-order valence-electron chi connectivity index (χ4n) is 6.97. The SMILES string of the molecule is CC(c1ccccc1)c1cc(O)cc(C(C)c2ccccc2)c1-c1c(C(C)c2ccccc2)cc(O)cc1C(C)c1ccccc1. The van der Waals surface area contributed by atoms with E-state index in [4.69, 9.17) is 0 Å². The number of hydrogen-bond donors (Lipinski definition) is 2. The summed E-state index contributed by atoms with van der Waals surface area (Å²) >= 11 is 0. The van der Waals surface area contributed by atoms with Gasteiger partial charge in [-0.05, 0) is 79.9 Å². The third-order valence-electron chi connectivity index (χ3n) is 9.68. The van der Waals surface area contributed by atoms with E-state index in [9.17, 15) is 10.2 Å². The lowest BCUT2D eigenvalue weighted by Gasteiger charge is -2.30. The van der Waals surface area contributed by atoms with Crippen LogP contribution >= 0.6 is 0 Å². The van der Waals surface area contributed by atoms with E-state index in [1.807, 2.05) is 48.5 Å². The summed E-state index contributed by atoms with van der Waals surface area (Å²) in [6, 6.07) is 49.9. The highest BCUT2D eigenvalue weighted by Gasteiger charge is 2.29. The number of phenols is 2. The van der Waals surface area contributed by atoms with E-state index >= 15 is 0 Å². The molecule has 4 atom stereocenters. The predicted octanol–water partition coefficient (Wildman–Crippen LogP) is 11.4. The molecule has 0 saturated heterocycles. The monoisotopic (exact) mass is 602 g/mol. The van der Waals surface area contributed by atoms with E-state index in [2.05, 4.69) is 125 Å². The van der Waals surface area contributed by atoms with Crippen LogP contribution in [0, 0.1) is 0 Å². The molecule has 0 spiro atoms. The zero-order valence-corrected chi connectivity index (χ0v) is 27.1. The number of aromatic hydroxyl groups is 2. The summed E-state index contributed by atoms with van der Waals surface area (Å²) in [6.45, 7) is 8.91. The van der Waals surface area contributed by atoms with E-state index in [1.165, 1.54) is 22.3 Å². The molecular weight excluding hydrogens is 560 g/mol. The average molecular weight is 603 g/mol. The maximum absolute atomic E-state index is 11.4. The van der Waals surface area contributed by atoms with Gasteiger partial charge in [0.1, 0.15) is 11.5 Å². The fraction of sp³-hybridized carbons (Fsp3) is 0.182. The van der Waals surface area contributed by atoms with Crippen LogP contribution in [0.25, 0.3) is 11.1 Å². The summed E-state index contributed by atoms with van der Waals surface area (Å²) in [7, 11) is 0. The number of rotatable bonds is 9. The van der Waals surface area contributed by atoms with Crippen LogP contribution in [0.1, 0.15) is 95.9 Å². The molecule has 0 heterocycles. The summed E-state index contributed by atoms with van der Waals surface area (Å²) in [5.41, 5.74) is 11.2. The molecule has 0 fully saturated rings. The molecule has 230 valence electrons. The van der Waals surface area contributed by atoms with E-state index in [-0.39, 0.29) is 35.2 Å². The van der Waals surface area contributed by atoms with E-state index in [0.717, 1.165) is 33.4 Å². The maximum atomic E-state index is 11.4. The maximum Gasteiger partial charge on any atom is 0.116 e. The van der Waals surface area contributed by atoms with Crippen molar-refractivity contribution in [3.63, 3.8) is 0 Å². The molecule has 0 amide bonds. The molecule has 2 heteroatoms. The lowest BCUT2D eigenvalue weighted by Crippen LogP contribution is -2.11. The molecule has 2 nitrogen and oxygen atoms in total. The molecule has 0 aliphatic rings. The first-order chi connectivity index (χ1) is 22.3. The van der Waals surface area contributed by atoms with Crippen LogP contribution in [0.15, 0.2) is 146 Å². The molecule has 0 aliphatic carbocycles. The lowest BCUT2D eigenvalue weighted by molar-refractivity contribution is 0.472. The molecule has 6 aromatic rings. The van der Waals surface area contributed by atoms with Crippen LogP contribution in [0.3, 0.4) is 0 Å². The van der Waals surface area contributed by atoms with Gasteiger partial charge < -0.3 is 10.2 Å². The molecule has 6 aromatic carbocycles. The quantitative estimate of drug-likeness (QED) is 0.173. The Labute approximate surface area is 273 Å². The van der Waals surface area contributed by atoms with Crippen LogP contribution in [-0.2, 0) is 0 Å². The first-order valence-electron chi connectivity index (χ1n) is 16.3. The van der Waals surface area contributed by atoms with Gasteiger partial charge in [-0.3, -0.25) is 0 Å². The molecule has 2 N–H and O–H groups in total. The van der Waals surface area contributed by atoms with E-state index in [1.54, 1.807) is 0 Å². The summed E-state index contributed by atoms with van der Waals surface area (Å²) in [6.07, 6.45) is 0. The second-order valence-electron chi connectivity index (χ2n) is 12.5. The fourth-order valence-corrected chi connectivity index (χ4v) is 6.97. The predicted molar refractivity (Wildman–Crippen MR) is 191 cm³/mol. The Morgan fingerprint density at radius 1 is 0.326 bits per heavy atom. The molecule has 0 radical (unpaired) electrons. The van der Waals surface area contributed by atoms with Gasteiger partial charge in [0.05, 0.1) is 0 Å². The second-order valence-corrected chi connectivity index (χ2v) is 12.5. The Balaban J connectivity index is 1.73. The van der Waals surface area contributed by atoms with Crippen LogP contribution in [0.5, 0.6) is 11.5 Å². The Bertz CT molecular complexity index is 1620. The van der Waals surface area contributed by atoms with Crippen LogP contribution in [0.4, 0.5) is 0 Å². The van der Waals surface area contributed by atoms with Gasteiger partial charge in [0.2, 0.25) is 0 Å². The van der Waals surface area contributed by atoms with Gasteiger partial charge in [0, 0.05) is 23.7 Å². The van der Waals surface area contributed by atoms with Crippen LogP contribution in [-0.4, -0.2) is 10.2 Å². The van der Waals surface area contributed by atoms with Crippen molar-refractivity contribution >= 4 is 0 Å². The molecular formula is C44H42O2. The van der Waals surface area contributed by atoms with Crippen molar-refractivity contribution in [2.75, 3.05) is 0 Å². The molecule has 0 aromatic heterocycles. The summed E-state index contributed by atoms with van der Waals surface area (Å²) in [4.78, 5) is 0. The van der Waals surface area contributed by atoms with Crippen molar-refractivity contribution in [1.29, 1.82) is 0 Å². The zero-order valence-electron chi connectivity index (χ0n) is 27.1. The second kappa shape index (κ2) is 13.5. The Kier molecular flexibility index (Phi) is 9.08. The first-order valence-corrected chi connectivity index (χ1v) is 16.3. The standard InChI is InChI=1S/C44H42O2/c1-29(33-17-9-5-10-18-33)39-25-37(45)26-40(30(2)34-19-11-6-12-20-34)43(39)44-41(31(3)35-21-13-7-14-22-35)27-38(46)28-42(44)32(4)36-23-15-8-16-24-36/h5-32,45-46H,1-4H3. The van der Waals surface area contributed by atoms with Crippen molar-refractivity contribution < 1.29 is 10.2 Å². The third-order valence-corrected chi connectivity index (χ3v) is 9.68. The molecule has 6 rings (SSSR count). The van der Waals surface area contributed by atoms with Crippen LogP contribution in [0.2, 0.25) is 0 Å². The molecule has 46 heavy (non-hydrogen) atoms. The largest absolute Gasteiger partial charge is 0.508 e. The highest BCUT2D eigenvalue weighted by molar-refractivity contribution is 5.82. The Morgan fingerprint density at radius 2 is 0.522 bits per heavy atom. The van der Waals surface area contributed by atoms with Crippen molar-refractivity contribution in [3.05, 3.63) is 190 Å². The van der Waals surface area contributed by atoms with Crippen molar-refractivity contribution in [1.82, 2.24) is 0 Å². The van der Waals surface area contributed by atoms with Gasteiger partial charge in [0.25, 0.3) is 0 Å². The third kappa shape index (κ3) is 6.21. The van der Waals surface area contributed by atoms with Gasteiger partial charge in [0.15, 0.2) is 0 Å². The Hall–Kier alpha value is -5.08. The van der Waals surface area contributed by atoms with Gasteiger partial charge in [-0.1, -0.05) is 149 Å². The summed E-state index contributed by atoms with van der Waals surface area (Å²) in [5.74, 6) is 0.510. The lowest BCUT2D eigenvalue weighted by atomic mass is 9.73. The summed E-state index contributed by atoms with van der Waals surface area (Å²) in [5, 5.41) is 22.7. The number of hydrogen-bond acceptors (Lipinski definition) is 2. The first kappa shape index (κ1) is 30.9. The topological polar surface area (TPSA) is 40.5 Å². The molecule has 4 unspecified atom stereocenters. The minimum absolute atomic E-state index is 0.00131. The average Bonchev–Trinajstić information content (AvgIpc) is 3.11. The highest BCUT2D eigenvalue weighted by atomic mass is 16.3. The minimum Gasteiger partial charge on any atom is -0.508 e. The van der Waals surface area contributed by atoms with E-state index < -0.39 is 0 Å². The van der Waals surface area contributed by atoms with Crippen LogP contribution < -0.4 is 0 Å². The normalized spacial score (nSPS) is 13.9. The minimum atomic E-state index is -0.00131. The smallest absolute Gasteiger partial charge is 0.116 e. The van der Waals surface area contributed by atoms with Gasteiger partial charge in [-0.15, -0.1) is 0 Å². The van der Waals surface area contributed by atoms with Crippen molar-refractivity contribution in [2.45, 2.75) is 51.4 Å². The number of benzene rings is 6. The van der Waals surface area contributed by atoms with Gasteiger partial charge in [-0.25, -0.2) is 0 Å². The molecule has 0 saturated carbocycles. The highest BCUT2D eigenvalue weighted by Crippen LogP contribution is 2.49. The van der Waals surface area contributed by atoms with E-state index in [0.29, 0.717) is 0 Å². The van der Waals surface area contributed by atoms with Gasteiger partial charge in [-0.2, -0.15) is 0 Å². The van der Waals surface area contributed by atoms with Crippen molar-refractivity contribution in [3.8, 4) is 22.6 Å². The molecule has 0 aliphatic heterocycles. The Morgan fingerprint density at radius 3 is 0.717 bits per heavy atom. The zero-order chi connectivity index (χ0) is 32.2. The summed E-state index contributed by atoms with van der Waals surface area (Å²) < 4.78 is 0.